The van der Waals surface area contributed by atoms with Gasteiger partial charge in [0, 0.05) is 10.2 Å². The van der Waals surface area contributed by atoms with Crippen molar-refractivity contribution < 1.29 is 13.9 Å². The molecule has 19 heavy (non-hydrogen) atoms. The van der Waals surface area contributed by atoms with Gasteiger partial charge in [-0.1, -0.05) is 28.1 Å². The third-order valence-electron chi connectivity index (χ3n) is 2.50. The highest BCUT2D eigenvalue weighted by Gasteiger charge is 2.13. The summed E-state index contributed by atoms with van der Waals surface area (Å²) in [5.74, 6) is -1.39. The summed E-state index contributed by atoms with van der Waals surface area (Å²) in [7, 11) is 0. The molecule has 0 aromatic heterocycles. The van der Waals surface area contributed by atoms with E-state index < -0.39 is 11.8 Å². The molecular weight excluding hydrogens is 313 g/mol. The molecule has 0 atom stereocenters. The molecule has 0 fully saturated rings. The van der Waals surface area contributed by atoms with Crippen molar-refractivity contribution in [3.05, 3.63) is 63.9 Å². The summed E-state index contributed by atoms with van der Waals surface area (Å²) in [4.78, 5) is 11.7. The maximum atomic E-state index is 13.5. The SMILES string of the molecule is Nc1ccc(C(=O)OCc2ccc(Br)cc2)c(F)c1. The summed E-state index contributed by atoms with van der Waals surface area (Å²) < 4.78 is 19.5. The molecule has 0 amide bonds. The van der Waals surface area contributed by atoms with Gasteiger partial charge in [0.2, 0.25) is 0 Å². The number of anilines is 1. The van der Waals surface area contributed by atoms with Crippen molar-refractivity contribution in [2.75, 3.05) is 5.73 Å². The van der Waals surface area contributed by atoms with Gasteiger partial charge in [-0.05, 0) is 35.9 Å². The van der Waals surface area contributed by atoms with E-state index in [4.69, 9.17) is 10.5 Å². The fourth-order valence-corrected chi connectivity index (χ4v) is 1.77. The summed E-state index contributed by atoms with van der Waals surface area (Å²) >= 11 is 3.31. The number of hydrogen-bond acceptors (Lipinski definition) is 3. The van der Waals surface area contributed by atoms with Crippen molar-refractivity contribution in [1.82, 2.24) is 0 Å². The maximum absolute atomic E-state index is 13.5. The van der Waals surface area contributed by atoms with Crippen LogP contribution in [0.5, 0.6) is 0 Å². The molecule has 0 spiro atoms. The molecule has 2 aromatic rings. The summed E-state index contributed by atoms with van der Waals surface area (Å²) in [5.41, 5.74) is 6.38. The largest absolute Gasteiger partial charge is 0.457 e. The average Bonchev–Trinajstić information content (AvgIpc) is 2.37. The van der Waals surface area contributed by atoms with Crippen LogP contribution in [0.25, 0.3) is 0 Å². The molecule has 0 heterocycles. The Morgan fingerprint density at radius 2 is 1.89 bits per heavy atom. The maximum Gasteiger partial charge on any atom is 0.341 e. The second kappa shape index (κ2) is 5.84. The van der Waals surface area contributed by atoms with Crippen LogP contribution in [0, 0.1) is 5.82 Å². The van der Waals surface area contributed by atoms with Gasteiger partial charge in [-0.25, -0.2) is 9.18 Å². The fraction of sp³-hybridized carbons (Fsp3) is 0.0714. The molecule has 0 aliphatic carbocycles. The Labute approximate surface area is 118 Å². The Kier molecular flexibility index (Phi) is 4.16. The van der Waals surface area contributed by atoms with Crippen molar-refractivity contribution in [3.8, 4) is 0 Å². The topological polar surface area (TPSA) is 52.3 Å². The van der Waals surface area contributed by atoms with Gasteiger partial charge in [0.1, 0.15) is 12.4 Å². The number of nitrogen functional groups attached to an aromatic ring is 1. The molecular formula is C14H11BrFNO2. The van der Waals surface area contributed by atoms with Gasteiger partial charge in [0.25, 0.3) is 0 Å². The Balaban J connectivity index is 2.03. The number of halogens is 2. The van der Waals surface area contributed by atoms with Crippen LogP contribution in [0.3, 0.4) is 0 Å². The van der Waals surface area contributed by atoms with Crippen LogP contribution < -0.4 is 5.73 Å². The number of hydrogen-bond donors (Lipinski definition) is 1. The summed E-state index contributed by atoms with van der Waals surface area (Å²) in [6.45, 7) is 0.0932. The molecule has 2 aromatic carbocycles. The van der Waals surface area contributed by atoms with Crippen LogP contribution in [0.15, 0.2) is 46.9 Å². The molecule has 0 saturated heterocycles. The number of carbonyl (C=O) groups is 1. The summed E-state index contributed by atoms with van der Waals surface area (Å²) in [6.07, 6.45) is 0. The highest BCUT2D eigenvalue weighted by atomic mass is 79.9. The van der Waals surface area contributed by atoms with Gasteiger partial charge >= 0.3 is 5.97 Å². The third-order valence-corrected chi connectivity index (χ3v) is 3.02. The molecule has 0 saturated carbocycles. The number of benzene rings is 2. The first-order valence-electron chi connectivity index (χ1n) is 5.53. The van der Waals surface area contributed by atoms with Gasteiger partial charge in [-0.2, -0.15) is 0 Å². The number of nitrogens with two attached hydrogens (primary N) is 1. The third kappa shape index (κ3) is 3.54. The van der Waals surface area contributed by atoms with Gasteiger partial charge in [-0.15, -0.1) is 0 Å². The van der Waals surface area contributed by atoms with Crippen molar-refractivity contribution in [2.24, 2.45) is 0 Å². The predicted octanol–water partition coefficient (Wildman–Crippen LogP) is 3.53. The lowest BCUT2D eigenvalue weighted by Gasteiger charge is -2.06. The van der Waals surface area contributed by atoms with Crippen LogP contribution in [-0.4, -0.2) is 5.97 Å². The number of rotatable bonds is 3. The van der Waals surface area contributed by atoms with E-state index in [0.717, 1.165) is 16.1 Å². The minimum absolute atomic E-state index is 0.0932. The number of esters is 1. The smallest absolute Gasteiger partial charge is 0.341 e. The highest BCUT2D eigenvalue weighted by Crippen LogP contribution is 2.15. The Morgan fingerprint density at radius 1 is 1.21 bits per heavy atom. The van der Waals surface area contributed by atoms with E-state index in [2.05, 4.69) is 15.9 Å². The molecule has 98 valence electrons. The van der Waals surface area contributed by atoms with Crippen molar-refractivity contribution in [3.63, 3.8) is 0 Å². The van der Waals surface area contributed by atoms with E-state index in [-0.39, 0.29) is 17.9 Å². The van der Waals surface area contributed by atoms with E-state index >= 15 is 0 Å². The van der Waals surface area contributed by atoms with Gasteiger partial charge in [0.05, 0.1) is 5.56 Å². The predicted molar refractivity (Wildman–Crippen MR) is 74.1 cm³/mol. The zero-order chi connectivity index (χ0) is 13.8. The van der Waals surface area contributed by atoms with Crippen molar-refractivity contribution in [2.45, 2.75) is 6.61 Å². The first kappa shape index (κ1) is 13.5. The molecule has 0 aliphatic rings. The molecule has 0 radical (unpaired) electrons. The lowest BCUT2D eigenvalue weighted by Crippen LogP contribution is -2.08. The quantitative estimate of drug-likeness (QED) is 0.694. The average molecular weight is 324 g/mol. The van der Waals surface area contributed by atoms with E-state index in [9.17, 15) is 9.18 Å². The Bertz CT molecular complexity index is 599. The molecule has 2 N–H and O–H groups in total. The monoisotopic (exact) mass is 323 g/mol. The molecule has 0 bridgehead atoms. The Morgan fingerprint density at radius 3 is 2.53 bits per heavy atom. The Hall–Kier alpha value is -1.88. The number of carbonyl (C=O) groups excluding carboxylic acids is 1. The van der Waals surface area contributed by atoms with Crippen LogP contribution in [0.1, 0.15) is 15.9 Å². The van der Waals surface area contributed by atoms with Crippen LogP contribution in [0.4, 0.5) is 10.1 Å². The highest BCUT2D eigenvalue weighted by molar-refractivity contribution is 9.10. The zero-order valence-electron chi connectivity index (χ0n) is 9.90. The molecule has 2 rings (SSSR count). The van der Waals surface area contributed by atoms with E-state index in [1.54, 1.807) is 0 Å². The van der Waals surface area contributed by atoms with Crippen LogP contribution in [-0.2, 0) is 11.3 Å². The minimum Gasteiger partial charge on any atom is -0.457 e. The van der Waals surface area contributed by atoms with Crippen molar-refractivity contribution >= 4 is 27.6 Å². The van der Waals surface area contributed by atoms with E-state index in [1.165, 1.54) is 12.1 Å². The van der Waals surface area contributed by atoms with E-state index in [1.807, 2.05) is 24.3 Å². The molecule has 5 heteroatoms. The second-order valence-electron chi connectivity index (χ2n) is 3.94. The summed E-state index contributed by atoms with van der Waals surface area (Å²) in [6, 6.07) is 11.2. The lowest BCUT2D eigenvalue weighted by atomic mass is 10.2. The second-order valence-corrected chi connectivity index (χ2v) is 4.86. The molecule has 3 nitrogen and oxygen atoms in total. The standard InChI is InChI=1S/C14H11BrFNO2/c15-10-3-1-9(2-4-10)8-19-14(18)12-6-5-11(17)7-13(12)16/h1-7H,8,17H2. The van der Waals surface area contributed by atoms with Gasteiger partial charge in [-0.3, -0.25) is 0 Å². The molecule has 0 aliphatic heterocycles. The van der Waals surface area contributed by atoms with E-state index in [0.29, 0.717) is 0 Å². The number of ether oxygens (including phenoxy) is 1. The van der Waals surface area contributed by atoms with Gasteiger partial charge < -0.3 is 10.5 Å². The van der Waals surface area contributed by atoms with Crippen LogP contribution >= 0.6 is 15.9 Å². The zero-order valence-corrected chi connectivity index (χ0v) is 11.5. The summed E-state index contributed by atoms with van der Waals surface area (Å²) in [5, 5.41) is 0. The normalized spacial score (nSPS) is 10.2. The minimum atomic E-state index is -0.708. The fourth-order valence-electron chi connectivity index (χ4n) is 1.50. The van der Waals surface area contributed by atoms with Crippen molar-refractivity contribution in [1.29, 1.82) is 0 Å². The van der Waals surface area contributed by atoms with Crippen LogP contribution in [0.2, 0.25) is 0 Å². The molecule has 0 unspecified atom stereocenters. The lowest BCUT2D eigenvalue weighted by molar-refractivity contribution is 0.0467. The van der Waals surface area contributed by atoms with Gasteiger partial charge in [0.15, 0.2) is 0 Å². The first-order valence-corrected chi connectivity index (χ1v) is 6.32. The first-order chi connectivity index (χ1) is 9.06.